The maximum absolute atomic E-state index is 13.8. The van der Waals surface area contributed by atoms with Gasteiger partial charge in [-0.2, -0.15) is 5.26 Å². The first kappa shape index (κ1) is 13.9. The summed E-state index contributed by atoms with van der Waals surface area (Å²) >= 11 is 0. The SMILES string of the molecule is N#CC1c2cc(F)c(F)c(F)c2C(=O)N1CC1CCCO1. The van der Waals surface area contributed by atoms with Gasteiger partial charge in [0.15, 0.2) is 17.5 Å². The summed E-state index contributed by atoms with van der Waals surface area (Å²) in [4.78, 5) is 13.3. The number of carbonyl (C=O) groups excluding carboxylic acids is 1. The Balaban J connectivity index is 2.01. The zero-order chi connectivity index (χ0) is 15.1. The second-order valence-electron chi connectivity index (χ2n) is 5.07. The van der Waals surface area contributed by atoms with Crippen LogP contribution in [0.25, 0.3) is 0 Å². The van der Waals surface area contributed by atoms with Gasteiger partial charge in [-0.05, 0) is 18.9 Å². The number of hydrogen-bond donors (Lipinski definition) is 0. The van der Waals surface area contributed by atoms with Gasteiger partial charge in [-0.25, -0.2) is 13.2 Å². The molecule has 2 unspecified atom stereocenters. The molecule has 1 amide bonds. The number of ether oxygens (including phenoxy) is 1. The summed E-state index contributed by atoms with van der Waals surface area (Å²) in [5.41, 5.74) is -0.685. The van der Waals surface area contributed by atoms with Crippen molar-refractivity contribution in [3.63, 3.8) is 0 Å². The number of halogens is 3. The van der Waals surface area contributed by atoms with E-state index in [1.54, 1.807) is 0 Å². The van der Waals surface area contributed by atoms with Gasteiger partial charge in [-0.15, -0.1) is 0 Å². The first-order valence-corrected chi connectivity index (χ1v) is 6.54. The summed E-state index contributed by atoms with van der Waals surface area (Å²) in [6.45, 7) is 0.670. The molecule has 4 nitrogen and oxygen atoms in total. The van der Waals surface area contributed by atoms with E-state index in [0.717, 1.165) is 23.8 Å². The average molecular weight is 296 g/mol. The summed E-state index contributed by atoms with van der Waals surface area (Å²) in [5, 5.41) is 9.20. The average Bonchev–Trinajstić information content (AvgIpc) is 3.05. The fourth-order valence-electron chi connectivity index (χ4n) is 2.81. The lowest BCUT2D eigenvalue weighted by Gasteiger charge is -2.23. The first-order chi connectivity index (χ1) is 10.0. The van der Waals surface area contributed by atoms with Gasteiger partial charge in [0.1, 0.15) is 6.04 Å². The standard InChI is InChI=1S/C14H11F3N2O2/c15-9-4-8-10(5-18)19(6-7-2-1-3-21-7)14(20)11(8)13(17)12(9)16/h4,7,10H,1-3,6H2. The highest BCUT2D eigenvalue weighted by atomic mass is 19.2. The lowest BCUT2D eigenvalue weighted by atomic mass is 10.0. The summed E-state index contributed by atoms with van der Waals surface area (Å²) in [7, 11) is 0. The van der Waals surface area contributed by atoms with Crippen LogP contribution in [-0.2, 0) is 4.74 Å². The molecule has 1 saturated heterocycles. The van der Waals surface area contributed by atoms with Crippen LogP contribution in [0.3, 0.4) is 0 Å². The van der Waals surface area contributed by atoms with Crippen molar-refractivity contribution in [2.75, 3.05) is 13.2 Å². The topological polar surface area (TPSA) is 53.3 Å². The molecule has 1 fully saturated rings. The van der Waals surface area contributed by atoms with Crippen LogP contribution in [-0.4, -0.2) is 30.1 Å². The van der Waals surface area contributed by atoms with Crippen molar-refractivity contribution >= 4 is 5.91 Å². The largest absolute Gasteiger partial charge is 0.376 e. The van der Waals surface area contributed by atoms with E-state index in [2.05, 4.69) is 0 Å². The summed E-state index contributed by atoms with van der Waals surface area (Å²) in [5.74, 6) is -5.44. The number of benzene rings is 1. The highest BCUT2D eigenvalue weighted by Crippen LogP contribution is 2.37. The number of nitrogens with zero attached hydrogens (tertiary/aromatic N) is 2. The Morgan fingerprint density at radius 2 is 2.14 bits per heavy atom. The predicted octanol–water partition coefficient (Wildman–Crippen LogP) is 2.30. The van der Waals surface area contributed by atoms with Crippen molar-refractivity contribution in [1.82, 2.24) is 4.90 Å². The van der Waals surface area contributed by atoms with Gasteiger partial charge < -0.3 is 9.64 Å². The molecule has 2 aliphatic heterocycles. The molecule has 0 N–H and O–H groups in total. The highest BCUT2D eigenvalue weighted by Gasteiger charge is 2.42. The third kappa shape index (κ3) is 2.07. The lowest BCUT2D eigenvalue weighted by Crippen LogP contribution is -2.35. The number of rotatable bonds is 2. The summed E-state index contributed by atoms with van der Waals surface area (Å²) in [6.07, 6.45) is 1.33. The van der Waals surface area contributed by atoms with Gasteiger partial charge in [0, 0.05) is 18.7 Å². The van der Waals surface area contributed by atoms with Crippen LogP contribution >= 0.6 is 0 Å². The minimum atomic E-state index is -1.70. The van der Waals surface area contributed by atoms with Crippen LogP contribution in [0.15, 0.2) is 6.07 Å². The van der Waals surface area contributed by atoms with Crippen molar-refractivity contribution in [1.29, 1.82) is 5.26 Å². The van der Waals surface area contributed by atoms with Gasteiger partial charge >= 0.3 is 0 Å². The molecule has 110 valence electrons. The van der Waals surface area contributed by atoms with Crippen LogP contribution in [0.1, 0.15) is 34.8 Å². The van der Waals surface area contributed by atoms with E-state index in [1.807, 2.05) is 6.07 Å². The van der Waals surface area contributed by atoms with E-state index in [1.165, 1.54) is 0 Å². The number of nitriles is 1. The number of amides is 1. The Labute approximate surface area is 118 Å². The van der Waals surface area contributed by atoms with Gasteiger partial charge in [-0.3, -0.25) is 4.79 Å². The molecule has 0 spiro atoms. The van der Waals surface area contributed by atoms with Crippen LogP contribution in [0.4, 0.5) is 13.2 Å². The van der Waals surface area contributed by atoms with E-state index in [9.17, 15) is 23.2 Å². The summed E-state index contributed by atoms with van der Waals surface area (Å²) in [6, 6.07) is 1.44. The molecule has 2 aliphatic rings. The fourth-order valence-corrected chi connectivity index (χ4v) is 2.81. The molecular weight excluding hydrogens is 285 g/mol. The molecule has 21 heavy (non-hydrogen) atoms. The molecule has 0 radical (unpaired) electrons. The molecule has 0 bridgehead atoms. The molecule has 3 rings (SSSR count). The van der Waals surface area contributed by atoms with Crippen molar-refractivity contribution < 1.29 is 22.7 Å². The third-order valence-electron chi connectivity index (χ3n) is 3.82. The van der Waals surface area contributed by atoms with Gasteiger partial charge in [0.2, 0.25) is 0 Å². The van der Waals surface area contributed by atoms with Crippen molar-refractivity contribution in [2.45, 2.75) is 25.0 Å². The molecular formula is C14H11F3N2O2. The maximum Gasteiger partial charge on any atom is 0.258 e. The van der Waals surface area contributed by atoms with Gasteiger partial charge in [-0.1, -0.05) is 0 Å². The van der Waals surface area contributed by atoms with E-state index in [0.29, 0.717) is 6.61 Å². The van der Waals surface area contributed by atoms with Crippen LogP contribution < -0.4 is 0 Å². The van der Waals surface area contributed by atoms with E-state index in [4.69, 9.17) is 4.74 Å². The molecule has 0 saturated carbocycles. The predicted molar refractivity (Wildman–Crippen MR) is 64.7 cm³/mol. The Kier molecular flexibility index (Phi) is 3.33. The molecule has 0 aliphatic carbocycles. The van der Waals surface area contributed by atoms with E-state index in [-0.39, 0.29) is 18.2 Å². The summed E-state index contributed by atoms with van der Waals surface area (Å²) < 4.78 is 45.8. The van der Waals surface area contributed by atoms with Crippen LogP contribution in [0.5, 0.6) is 0 Å². The minimum Gasteiger partial charge on any atom is -0.376 e. The first-order valence-electron chi connectivity index (χ1n) is 6.54. The number of hydrogen-bond acceptors (Lipinski definition) is 3. The monoisotopic (exact) mass is 296 g/mol. The second-order valence-corrected chi connectivity index (χ2v) is 5.07. The quantitative estimate of drug-likeness (QED) is 0.787. The molecule has 7 heteroatoms. The second kappa shape index (κ2) is 5.04. The maximum atomic E-state index is 13.8. The third-order valence-corrected chi connectivity index (χ3v) is 3.82. The number of carbonyl (C=O) groups is 1. The minimum absolute atomic E-state index is 0.106. The van der Waals surface area contributed by atoms with Gasteiger partial charge in [0.25, 0.3) is 5.91 Å². The number of fused-ring (bicyclic) bond motifs is 1. The van der Waals surface area contributed by atoms with E-state index < -0.39 is 35.0 Å². The molecule has 2 atom stereocenters. The molecule has 1 aromatic rings. The molecule has 1 aromatic carbocycles. The normalized spacial score (nSPS) is 24.3. The Hall–Kier alpha value is -2.07. The smallest absolute Gasteiger partial charge is 0.258 e. The molecule has 2 heterocycles. The van der Waals surface area contributed by atoms with Gasteiger partial charge in [0.05, 0.1) is 17.7 Å². The van der Waals surface area contributed by atoms with Crippen molar-refractivity contribution in [3.8, 4) is 6.07 Å². The van der Waals surface area contributed by atoms with Crippen molar-refractivity contribution in [3.05, 3.63) is 34.6 Å². The van der Waals surface area contributed by atoms with E-state index >= 15 is 0 Å². The zero-order valence-electron chi connectivity index (χ0n) is 10.9. The Morgan fingerprint density at radius 3 is 2.76 bits per heavy atom. The zero-order valence-corrected chi connectivity index (χ0v) is 10.9. The molecule has 0 aromatic heterocycles. The fraction of sp³-hybridized carbons (Fsp3) is 0.429. The van der Waals surface area contributed by atoms with Crippen molar-refractivity contribution in [2.24, 2.45) is 0 Å². The van der Waals surface area contributed by atoms with Crippen LogP contribution in [0.2, 0.25) is 0 Å². The Bertz CT molecular complexity index is 651. The van der Waals surface area contributed by atoms with Crippen LogP contribution in [0, 0.1) is 28.8 Å². The highest BCUT2D eigenvalue weighted by molar-refractivity contribution is 6.00. The lowest BCUT2D eigenvalue weighted by molar-refractivity contribution is 0.0509. The Morgan fingerprint density at radius 1 is 1.38 bits per heavy atom.